The van der Waals surface area contributed by atoms with Crippen LogP contribution in [0.2, 0.25) is 0 Å². The normalized spacial score (nSPS) is 17.0. The summed E-state index contributed by atoms with van der Waals surface area (Å²) in [6.45, 7) is 3.61. The van der Waals surface area contributed by atoms with Crippen molar-refractivity contribution in [1.29, 1.82) is 0 Å². The molecule has 0 radical (unpaired) electrons. The van der Waals surface area contributed by atoms with E-state index in [1.165, 1.54) is 19.3 Å². The topological polar surface area (TPSA) is 61.4 Å². The van der Waals surface area contributed by atoms with E-state index in [0.29, 0.717) is 18.2 Å². The Morgan fingerprint density at radius 3 is 2.85 bits per heavy atom. The van der Waals surface area contributed by atoms with Gasteiger partial charge in [0.2, 0.25) is 0 Å². The van der Waals surface area contributed by atoms with Crippen molar-refractivity contribution >= 4 is 5.91 Å². The molecule has 4 nitrogen and oxygen atoms in total. The number of nitrogens with one attached hydrogen (secondary N) is 2. The van der Waals surface area contributed by atoms with Gasteiger partial charge in [-0.1, -0.05) is 30.7 Å². The molecular weight excluding hydrogens is 324 g/mol. The molecule has 1 saturated heterocycles. The van der Waals surface area contributed by atoms with Crippen molar-refractivity contribution in [2.24, 2.45) is 0 Å². The first kappa shape index (κ1) is 18.5. The van der Waals surface area contributed by atoms with E-state index in [-0.39, 0.29) is 11.7 Å². The van der Waals surface area contributed by atoms with Crippen LogP contribution >= 0.6 is 0 Å². The van der Waals surface area contributed by atoms with E-state index in [0.717, 1.165) is 36.1 Å². The fourth-order valence-corrected chi connectivity index (χ4v) is 3.67. The lowest BCUT2D eigenvalue weighted by molar-refractivity contribution is 0.0956. The van der Waals surface area contributed by atoms with Crippen molar-refractivity contribution < 1.29 is 9.90 Å². The van der Waals surface area contributed by atoms with Crippen LogP contribution in [0.25, 0.3) is 11.1 Å². The van der Waals surface area contributed by atoms with Gasteiger partial charge in [0.05, 0.1) is 0 Å². The molecule has 26 heavy (non-hydrogen) atoms. The first-order valence-electron chi connectivity index (χ1n) is 9.61. The van der Waals surface area contributed by atoms with E-state index in [4.69, 9.17) is 0 Å². The first-order chi connectivity index (χ1) is 12.7. The number of hydrogen-bond acceptors (Lipinski definition) is 3. The molecule has 0 bridgehead atoms. The molecule has 0 aromatic heterocycles. The quantitative estimate of drug-likeness (QED) is 0.739. The highest BCUT2D eigenvalue weighted by molar-refractivity contribution is 6.01. The van der Waals surface area contributed by atoms with Crippen molar-refractivity contribution in [3.05, 3.63) is 53.6 Å². The maximum atomic E-state index is 12.4. The molecule has 138 valence electrons. The third kappa shape index (κ3) is 4.64. The Labute approximate surface area is 155 Å². The summed E-state index contributed by atoms with van der Waals surface area (Å²) in [7, 11) is 0. The van der Waals surface area contributed by atoms with Crippen LogP contribution in [0.15, 0.2) is 42.5 Å². The van der Waals surface area contributed by atoms with Crippen molar-refractivity contribution in [2.75, 3.05) is 13.1 Å². The van der Waals surface area contributed by atoms with E-state index in [2.05, 4.69) is 16.7 Å². The lowest BCUT2D eigenvalue weighted by atomic mass is 9.94. The molecule has 3 rings (SSSR count). The van der Waals surface area contributed by atoms with Gasteiger partial charge in [0, 0.05) is 18.2 Å². The SMILES string of the molecule is CCNC(=O)c1ccccc1-c1cc(O)cc(CC[C@@H]2CCCCN2)c1. The smallest absolute Gasteiger partial charge is 0.251 e. The summed E-state index contributed by atoms with van der Waals surface area (Å²) in [5.74, 6) is 0.166. The highest BCUT2D eigenvalue weighted by Crippen LogP contribution is 2.29. The number of phenolic OH excluding ortho intramolecular Hbond substituents is 1. The van der Waals surface area contributed by atoms with Gasteiger partial charge in [-0.05, 0) is 74.0 Å². The van der Waals surface area contributed by atoms with Gasteiger partial charge < -0.3 is 15.7 Å². The van der Waals surface area contributed by atoms with Gasteiger partial charge in [0.1, 0.15) is 5.75 Å². The van der Waals surface area contributed by atoms with Crippen LogP contribution in [0.1, 0.15) is 48.5 Å². The van der Waals surface area contributed by atoms with Gasteiger partial charge in [-0.3, -0.25) is 4.79 Å². The maximum Gasteiger partial charge on any atom is 0.251 e. The minimum atomic E-state index is -0.0839. The highest BCUT2D eigenvalue weighted by atomic mass is 16.3. The Hall–Kier alpha value is -2.33. The first-order valence-corrected chi connectivity index (χ1v) is 9.61. The fourth-order valence-electron chi connectivity index (χ4n) is 3.67. The van der Waals surface area contributed by atoms with Crippen LogP contribution in [0.5, 0.6) is 5.75 Å². The van der Waals surface area contributed by atoms with Crippen molar-refractivity contribution in [1.82, 2.24) is 10.6 Å². The molecule has 1 atom stereocenters. The summed E-state index contributed by atoms with van der Waals surface area (Å²) < 4.78 is 0. The molecule has 0 unspecified atom stereocenters. The second-order valence-corrected chi connectivity index (χ2v) is 6.98. The lowest BCUT2D eigenvalue weighted by Crippen LogP contribution is -2.34. The third-order valence-electron chi connectivity index (χ3n) is 4.99. The zero-order valence-corrected chi connectivity index (χ0v) is 15.4. The van der Waals surface area contributed by atoms with Crippen LogP contribution in [-0.2, 0) is 6.42 Å². The Kier molecular flexibility index (Phi) is 6.29. The van der Waals surface area contributed by atoms with E-state index in [1.54, 1.807) is 6.07 Å². The van der Waals surface area contributed by atoms with Crippen molar-refractivity contribution in [3.63, 3.8) is 0 Å². The van der Waals surface area contributed by atoms with E-state index in [1.807, 2.05) is 37.3 Å². The van der Waals surface area contributed by atoms with Crippen molar-refractivity contribution in [2.45, 2.75) is 45.1 Å². The molecule has 4 heteroatoms. The number of amides is 1. The predicted octanol–water partition coefficient (Wildman–Crippen LogP) is 3.88. The van der Waals surface area contributed by atoms with Crippen LogP contribution < -0.4 is 10.6 Å². The molecule has 2 aromatic carbocycles. The van der Waals surface area contributed by atoms with Crippen LogP contribution in [-0.4, -0.2) is 30.1 Å². The average Bonchev–Trinajstić information content (AvgIpc) is 2.67. The summed E-state index contributed by atoms with van der Waals surface area (Å²) in [5.41, 5.74) is 3.49. The van der Waals surface area contributed by atoms with Crippen LogP contribution in [0.3, 0.4) is 0 Å². The molecule has 1 fully saturated rings. The molecule has 0 spiro atoms. The second-order valence-electron chi connectivity index (χ2n) is 6.98. The van der Waals surface area contributed by atoms with Crippen LogP contribution in [0.4, 0.5) is 0 Å². The number of benzene rings is 2. The summed E-state index contributed by atoms with van der Waals surface area (Å²) >= 11 is 0. The zero-order chi connectivity index (χ0) is 18.4. The summed E-state index contributed by atoms with van der Waals surface area (Å²) in [6, 6.07) is 13.8. The Bertz CT molecular complexity index is 752. The predicted molar refractivity (Wildman–Crippen MR) is 106 cm³/mol. The Morgan fingerprint density at radius 1 is 1.23 bits per heavy atom. The molecule has 3 N–H and O–H groups in total. The van der Waals surface area contributed by atoms with Gasteiger partial charge >= 0.3 is 0 Å². The van der Waals surface area contributed by atoms with Gasteiger partial charge in [-0.25, -0.2) is 0 Å². The average molecular weight is 352 g/mol. The number of aromatic hydroxyl groups is 1. The lowest BCUT2D eigenvalue weighted by Gasteiger charge is -2.23. The number of aryl methyl sites for hydroxylation is 1. The fraction of sp³-hybridized carbons (Fsp3) is 0.409. The zero-order valence-electron chi connectivity index (χ0n) is 15.4. The molecule has 2 aromatic rings. The van der Waals surface area contributed by atoms with Gasteiger partial charge in [0.15, 0.2) is 0 Å². The Balaban J connectivity index is 1.82. The molecule has 0 aliphatic carbocycles. The number of phenols is 1. The third-order valence-corrected chi connectivity index (χ3v) is 4.99. The molecule has 1 aliphatic rings. The number of piperidine rings is 1. The van der Waals surface area contributed by atoms with E-state index < -0.39 is 0 Å². The minimum absolute atomic E-state index is 0.0839. The molecule has 1 aliphatic heterocycles. The summed E-state index contributed by atoms with van der Waals surface area (Å²) in [4.78, 5) is 12.4. The number of carbonyl (C=O) groups is 1. The van der Waals surface area contributed by atoms with E-state index in [9.17, 15) is 9.90 Å². The van der Waals surface area contributed by atoms with Crippen LogP contribution in [0, 0.1) is 0 Å². The summed E-state index contributed by atoms with van der Waals surface area (Å²) in [6.07, 6.45) is 5.78. The Morgan fingerprint density at radius 2 is 2.08 bits per heavy atom. The van der Waals surface area contributed by atoms with Crippen molar-refractivity contribution in [3.8, 4) is 16.9 Å². The minimum Gasteiger partial charge on any atom is -0.508 e. The largest absolute Gasteiger partial charge is 0.508 e. The van der Waals surface area contributed by atoms with Gasteiger partial charge in [-0.15, -0.1) is 0 Å². The monoisotopic (exact) mass is 352 g/mol. The molecule has 0 saturated carbocycles. The second kappa shape index (κ2) is 8.86. The van der Waals surface area contributed by atoms with Gasteiger partial charge in [0.25, 0.3) is 5.91 Å². The highest BCUT2D eigenvalue weighted by Gasteiger charge is 2.15. The molecular formula is C22H28N2O2. The molecule has 1 amide bonds. The standard InChI is InChI=1S/C22H28N2O2/c1-2-23-22(26)21-9-4-3-8-20(21)17-13-16(14-19(25)15-17)10-11-18-7-5-6-12-24-18/h3-4,8-9,13-15,18,24-25H,2,5-7,10-12H2,1H3,(H,23,26)/t18-/m0/s1. The maximum absolute atomic E-state index is 12.4. The number of rotatable bonds is 6. The summed E-state index contributed by atoms with van der Waals surface area (Å²) in [5, 5.41) is 16.6. The van der Waals surface area contributed by atoms with E-state index >= 15 is 0 Å². The van der Waals surface area contributed by atoms with Gasteiger partial charge in [-0.2, -0.15) is 0 Å². The number of hydrogen-bond donors (Lipinski definition) is 3. The number of carbonyl (C=O) groups excluding carboxylic acids is 1. The molecule has 1 heterocycles.